The fourth-order valence-corrected chi connectivity index (χ4v) is 1.50. The number of hydrogen-bond donors (Lipinski definition) is 2. The maximum absolute atomic E-state index is 10.5. The number of carbonyl (C=O) groups is 1. The minimum Gasteiger partial charge on any atom is -0.508 e. The fourth-order valence-electron chi connectivity index (χ4n) is 1.50. The van der Waals surface area contributed by atoms with Crippen molar-refractivity contribution in [2.45, 2.75) is 19.4 Å². The highest BCUT2D eigenvalue weighted by Gasteiger charge is 2.12. The molecule has 1 rings (SSSR count). The van der Waals surface area contributed by atoms with Gasteiger partial charge in [0.2, 0.25) is 0 Å². The summed E-state index contributed by atoms with van der Waals surface area (Å²) in [5.41, 5.74) is 0.980. The third-order valence-electron chi connectivity index (χ3n) is 2.69. The van der Waals surface area contributed by atoms with Crippen molar-refractivity contribution in [3.8, 4) is 5.75 Å². The molecular formula is C12H17NO3. The molecule has 0 fully saturated rings. The van der Waals surface area contributed by atoms with Crippen LogP contribution in [0.4, 0.5) is 0 Å². The zero-order valence-electron chi connectivity index (χ0n) is 9.55. The van der Waals surface area contributed by atoms with Gasteiger partial charge in [0.15, 0.2) is 0 Å². The van der Waals surface area contributed by atoms with Crippen molar-refractivity contribution in [3.63, 3.8) is 0 Å². The molecule has 88 valence electrons. The summed E-state index contributed by atoms with van der Waals surface area (Å²) in [5.74, 6) is -0.564. The van der Waals surface area contributed by atoms with E-state index < -0.39 is 5.97 Å². The number of nitrogens with zero attached hydrogens (tertiary/aromatic N) is 1. The Kier molecular flexibility index (Phi) is 4.31. The topological polar surface area (TPSA) is 60.8 Å². The summed E-state index contributed by atoms with van der Waals surface area (Å²) >= 11 is 0. The van der Waals surface area contributed by atoms with Gasteiger partial charge in [-0.3, -0.25) is 9.69 Å². The number of aliphatic carboxylic acids is 1. The summed E-state index contributed by atoms with van der Waals surface area (Å²) in [5, 5.41) is 17.9. The lowest BCUT2D eigenvalue weighted by Gasteiger charge is -2.24. The van der Waals surface area contributed by atoms with Crippen molar-refractivity contribution in [2.24, 2.45) is 0 Å². The molecule has 0 heterocycles. The van der Waals surface area contributed by atoms with Crippen LogP contribution in [-0.2, 0) is 4.79 Å². The van der Waals surface area contributed by atoms with E-state index in [1.807, 2.05) is 24.9 Å². The van der Waals surface area contributed by atoms with Crippen LogP contribution in [0, 0.1) is 0 Å². The van der Waals surface area contributed by atoms with E-state index in [0.29, 0.717) is 6.54 Å². The molecular weight excluding hydrogens is 206 g/mol. The molecule has 2 N–H and O–H groups in total. The zero-order chi connectivity index (χ0) is 12.1. The summed E-state index contributed by atoms with van der Waals surface area (Å²) in [6, 6.07) is 7.11. The zero-order valence-corrected chi connectivity index (χ0v) is 9.55. The van der Waals surface area contributed by atoms with E-state index >= 15 is 0 Å². The normalized spacial score (nSPS) is 12.7. The van der Waals surface area contributed by atoms with Crippen LogP contribution in [0.3, 0.4) is 0 Å². The highest BCUT2D eigenvalue weighted by atomic mass is 16.4. The Morgan fingerprint density at radius 1 is 1.50 bits per heavy atom. The Morgan fingerprint density at radius 3 is 2.75 bits per heavy atom. The minimum atomic E-state index is -0.796. The van der Waals surface area contributed by atoms with Gasteiger partial charge in [0.25, 0.3) is 0 Å². The second-order valence-corrected chi connectivity index (χ2v) is 3.90. The van der Waals surface area contributed by atoms with Crippen LogP contribution in [0.1, 0.15) is 24.9 Å². The molecule has 0 aromatic heterocycles. The Bertz CT molecular complexity index is 365. The lowest BCUT2D eigenvalue weighted by molar-refractivity contribution is -0.137. The van der Waals surface area contributed by atoms with E-state index in [1.165, 1.54) is 0 Å². The molecule has 1 unspecified atom stereocenters. The molecule has 1 aromatic rings. The van der Waals surface area contributed by atoms with Gasteiger partial charge in [0.05, 0.1) is 6.42 Å². The summed E-state index contributed by atoms with van der Waals surface area (Å²) in [6.07, 6.45) is 0.125. The molecule has 4 heteroatoms. The van der Waals surface area contributed by atoms with Crippen LogP contribution in [0.5, 0.6) is 5.75 Å². The monoisotopic (exact) mass is 223 g/mol. The van der Waals surface area contributed by atoms with Crippen molar-refractivity contribution in [2.75, 3.05) is 13.6 Å². The smallest absolute Gasteiger partial charge is 0.304 e. The second-order valence-electron chi connectivity index (χ2n) is 3.90. The van der Waals surface area contributed by atoms with Crippen molar-refractivity contribution >= 4 is 5.97 Å². The second kappa shape index (κ2) is 5.51. The van der Waals surface area contributed by atoms with Crippen LogP contribution in [0.15, 0.2) is 24.3 Å². The first-order valence-corrected chi connectivity index (χ1v) is 5.21. The van der Waals surface area contributed by atoms with Crippen molar-refractivity contribution in [1.82, 2.24) is 4.90 Å². The Hall–Kier alpha value is -1.55. The van der Waals surface area contributed by atoms with Crippen LogP contribution >= 0.6 is 0 Å². The van der Waals surface area contributed by atoms with Crippen LogP contribution < -0.4 is 0 Å². The Labute approximate surface area is 95.1 Å². The van der Waals surface area contributed by atoms with Gasteiger partial charge in [-0.1, -0.05) is 12.1 Å². The van der Waals surface area contributed by atoms with E-state index in [4.69, 9.17) is 5.11 Å². The third-order valence-corrected chi connectivity index (χ3v) is 2.69. The molecule has 0 aliphatic rings. The van der Waals surface area contributed by atoms with Gasteiger partial charge in [-0.05, 0) is 31.7 Å². The summed E-state index contributed by atoms with van der Waals surface area (Å²) < 4.78 is 0. The molecule has 0 saturated heterocycles. The Balaban J connectivity index is 2.62. The highest BCUT2D eigenvalue weighted by Crippen LogP contribution is 2.22. The van der Waals surface area contributed by atoms with Crippen LogP contribution in [-0.4, -0.2) is 34.7 Å². The number of aromatic hydroxyl groups is 1. The summed E-state index contributed by atoms with van der Waals surface area (Å²) in [4.78, 5) is 12.4. The maximum Gasteiger partial charge on any atom is 0.304 e. The first-order chi connectivity index (χ1) is 7.50. The van der Waals surface area contributed by atoms with E-state index in [-0.39, 0.29) is 18.2 Å². The van der Waals surface area contributed by atoms with Gasteiger partial charge >= 0.3 is 5.97 Å². The van der Waals surface area contributed by atoms with Gasteiger partial charge in [-0.2, -0.15) is 0 Å². The van der Waals surface area contributed by atoms with E-state index in [2.05, 4.69) is 0 Å². The summed E-state index contributed by atoms with van der Waals surface area (Å²) in [7, 11) is 1.87. The molecule has 1 aromatic carbocycles. The highest BCUT2D eigenvalue weighted by molar-refractivity contribution is 5.66. The predicted octanol–water partition coefficient (Wildman–Crippen LogP) is 1.86. The molecule has 0 aliphatic heterocycles. The number of rotatable bonds is 5. The maximum atomic E-state index is 10.5. The molecule has 0 spiro atoms. The van der Waals surface area contributed by atoms with Gasteiger partial charge in [0, 0.05) is 12.6 Å². The van der Waals surface area contributed by atoms with Gasteiger partial charge in [0.1, 0.15) is 5.75 Å². The van der Waals surface area contributed by atoms with Gasteiger partial charge in [-0.15, -0.1) is 0 Å². The molecule has 0 bridgehead atoms. The van der Waals surface area contributed by atoms with Crippen molar-refractivity contribution < 1.29 is 15.0 Å². The SMILES string of the molecule is CC(c1cccc(O)c1)N(C)CCC(=O)O. The first kappa shape index (κ1) is 12.5. The number of carboxylic acid groups (broad SMARTS) is 1. The summed E-state index contributed by atoms with van der Waals surface area (Å²) in [6.45, 7) is 2.47. The predicted molar refractivity (Wildman–Crippen MR) is 61.4 cm³/mol. The lowest BCUT2D eigenvalue weighted by atomic mass is 10.1. The van der Waals surface area contributed by atoms with Crippen LogP contribution in [0.25, 0.3) is 0 Å². The molecule has 4 nitrogen and oxygen atoms in total. The molecule has 0 saturated carbocycles. The van der Waals surface area contributed by atoms with Crippen molar-refractivity contribution in [3.05, 3.63) is 29.8 Å². The number of phenols is 1. The van der Waals surface area contributed by atoms with Gasteiger partial charge in [-0.25, -0.2) is 0 Å². The van der Waals surface area contributed by atoms with E-state index in [9.17, 15) is 9.90 Å². The number of carboxylic acids is 1. The largest absolute Gasteiger partial charge is 0.508 e. The third kappa shape index (κ3) is 3.55. The average Bonchev–Trinajstić information content (AvgIpc) is 2.24. The number of benzene rings is 1. The minimum absolute atomic E-state index is 0.0893. The number of hydrogen-bond acceptors (Lipinski definition) is 3. The van der Waals surface area contributed by atoms with E-state index in [0.717, 1.165) is 5.56 Å². The van der Waals surface area contributed by atoms with Gasteiger partial charge < -0.3 is 10.2 Å². The molecule has 0 radical (unpaired) electrons. The van der Waals surface area contributed by atoms with E-state index in [1.54, 1.807) is 18.2 Å². The molecule has 1 atom stereocenters. The Morgan fingerprint density at radius 2 is 2.19 bits per heavy atom. The molecule has 0 aliphatic carbocycles. The molecule has 16 heavy (non-hydrogen) atoms. The fraction of sp³-hybridized carbons (Fsp3) is 0.417. The number of phenolic OH excluding ortho intramolecular Hbond substituents is 1. The lowest BCUT2D eigenvalue weighted by Crippen LogP contribution is -2.25. The van der Waals surface area contributed by atoms with Crippen molar-refractivity contribution in [1.29, 1.82) is 0 Å². The molecule has 0 amide bonds. The first-order valence-electron chi connectivity index (χ1n) is 5.21. The average molecular weight is 223 g/mol. The van der Waals surface area contributed by atoms with Crippen LogP contribution in [0.2, 0.25) is 0 Å². The quantitative estimate of drug-likeness (QED) is 0.799. The standard InChI is InChI=1S/C12H17NO3/c1-9(13(2)7-6-12(15)16)10-4-3-5-11(14)8-10/h3-5,8-9,14H,6-7H2,1-2H3,(H,15,16).